The quantitative estimate of drug-likeness (QED) is 0.554. The van der Waals surface area contributed by atoms with Crippen molar-refractivity contribution in [3.63, 3.8) is 0 Å². The molecule has 0 fully saturated rings. The average Bonchev–Trinajstić information content (AvgIpc) is 2.55. The predicted octanol–water partition coefficient (Wildman–Crippen LogP) is 1.87. The minimum absolute atomic E-state index is 0.0585. The standard InChI is InChI=1S/C18H29FN4O2/c1-13(2)10-20-18(22-12-17(24)23(4)5)21-11-14(3)25-16-9-7-6-8-15(16)19/h6-9,13-14H,10-12H2,1-5H3,(H2,20,21,22). The van der Waals surface area contributed by atoms with E-state index < -0.39 is 5.82 Å². The van der Waals surface area contributed by atoms with Crippen molar-refractivity contribution < 1.29 is 13.9 Å². The molecular formula is C18H29FN4O2. The molecule has 6 nitrogen and oxygen atoms in total. The summed E-state index contributed by atoms with van der Waals surface area (Å²) in [5.41, 5.74) is 0. The molecule has 0 radical (unpaired) electrons. The number of benzene rings is 1. The molecule has 25 heavy (non-hydrogen) atoms. The Morgan fingerprint density at radius 3 is 2.44 bits per heavy atom. The number of amides is 1. The van der Waals surface area contributed by atoms with E-state index >= 15 is 0 Å². The monoisotopic (exact) mass is 352 g/mol. The lowest BCUT2D eigenvalue weighted by Gasteiger charge is -2.19. The summed E-state index contributed by atoms with van der Waals surface area (Å²) in [6, 6.07) is 6.29. The molecule has 7 heteroatoms. The van der Waals surface area contributed by atoms with E-state index in [0.717, 1.165) is 6.54 Å². The van der Waals surface area contributed by atoms with Gasteiger partial charge in [-0.1, -0.05) is 26.0 Å². The third kappa shape index (κ3) is 8.37. The molecule has 1 atom stereocenters. The molecule has 0 heterocycles. The molecule has 2 N–H and O–H groups in total. The van der Waals surface area contributed by atoms with Gasteiger partial charge >= 0.3 is 0 Å². The normalized spacial score (nSPS) is 12.7. The number of nitrogens with one attached hydrogen (secondary N) is 2. The Labute approximate surface area is 149 Å². The number of nitrogens with zero attached hydrogens (tertiary/aromatic N) is 2. The van der Waals surface area contributed by atoms with Crippen LogP contribution in [0.5, 0.6) is 5.75 Å². The number of hydrogen-bond donors (Lipinski definition) is 2. The maximum Gasteiger partial charge on any atom is 0.243 e. The molecule has 0 aromatic heterocycles. The molecule has 1 aromatic rings. The number of rotatable bonds is 8. The van der Waals surface area contributed by atoms with Crippen LogP contribution >= 0.6 is 0 Å². The van der Waals surface area contributed by atoms with Crippen LogP contribution in [0.15, 0.2) is 29.3 Å². The van der Waals surface area contributed by atoms with E-state index in [-0.39, 0.29) is 24.3 Å². The Hall–Kier alpha value is -2.31. The van der Waals surface area contributed by atoms with Gasteiger partial charge in [0.2, 0.25) is 5.91 Å². The van der Waals surface area contributed by atoms with Crippen molar-refractivity contribution in [2.24, 2.45) is 10.9 Å². The first kappa shape index (κ1) is 20.7. The van der Waals surface area contributed by atoms with Crippen LogP contribution in [-0.2, 0) is 4.79 Å². The highest BCUT2D eigenvalue weighted by Crippen LogP contribution is 2.16. The van der Waals surface area contributed by atoms with Crippen LogP contribution in [0.4, 0.5) is 4.39 Å². The third-order valence-electron chi connectivity index (χ3n) is 3.27. The molecule has 1 amide bonds. The van der Waals surface area contributed by atoms with Gasteiger partial charge in [-0.2, -0.15) is 0 Å². The van der Waals surface area contributed by atoms with Gasteiger partial charge in [-0.25, -0.2) is 9.38 Å². The van der Waals surface area contributed by atoms with Gasteiger partial charge in [0.25, 0.3) is 0 Å². The van der Waals surface area contributed by atoms with Crippen LogP contribution in [0, 0.1) is 11.7 Å². The van der Waals surface area contributed by atoms with Crippen LogP contribution in [0.1, 0.15) is 20.8 Å². The highest BCUT2D eigenvalue weighted by molar-refractivity contribution is 5.84. The summed E-state index contributed by atoms with van der Waals surface area (Å²) in [6.45, 7) is 7.21. The molecule has 0 aliphatic rings. The third-order valence-corrected chi connectivity index (χ3v) is 3.27. The highest BCUT2D eigenvalue weighted by atomic mass is 19.1. The number of halogens is 1. The van der Waals surface area contributed by atoms with Gasteiger partial charge < -0.3 is 20.3 Å². The fourth-order valence-corrected chi connectivity index (χ4v) is 1.80. The number of likely N-dealkylation sites (N-methyl/N-ethyl adjacent to an activating group) is 1. The molecule has 1 rings (SSSR count). The Bertz CT molecular complexity index is 576. The van der Waals surface area contributed by atoms with Crippen LogP contribution in [0.2, 0.25) is 0 Å². The van der Waals surface area contributed by atoms with Crippen molar-refractivity contribution in [3.05, 3.63) is 30.1 Å². The summed E-state index contributed by atoms with van der Waals surface area (Å²) in [7, 11) is 3.38. The first-order valence-electron chi connectivity index (χ1n) is 8.43. The summed E-state index contributed by atoms with van der Waals surface area (Å²) in [5.74, 6) is 0.712. The lowest BCUT2D eigenvalue weighted by Crippen LogP contribution is -2.43. The number of hydrogen-bond acceptors (Lipinski definition) is 3. The first-order chi connectivity index (χ1) is 11.8. The number of para-hydroxylation sites is 1. The molecule has 140 valence electrons. The summed E-state index contributed by atoms with van der Waals surface area (Å²) in [5, 5.41) is 6.31. The van der Waals surface area contributed by atoms with E-state index in [2.05, 4.69) is 29.5 Å². The average molecular weight is 352 g/mol. The van der Waals surface area contributed by atoms with Gasteiger partial charge in [0.15, 0.2) is 17.5 Å². The summed E-state index contributed by atoms with van der Waals surface area (Å²) in [4.78, 5) is 17.5. The zero-order chi connectivity index (χ0) is 18.8. The van der Waals surface area contributed by atoms with Gasteiger partial charge in [-0.05, 0) is 25.0 Å². The predicted molar refractivity (Wildman–Crippen MR) is 98.3 cm³/mol. The first-order valence-corrected chi connectivity index (χ1v) is 8.43. The smallest absolute Gasteiger partial charge is 0.243 e. The Kier molecular flexibility index (Phi) is 8.74. The van der Waals surface area contributed by atoms with Crippen molar-refractivity contribution >= 4 is 11.9 Å². The van der Waals surface area contributed by atoms with Crippen molar-refractivity contribution in [3.8, 4) is 5.75 Å². The lowest BCUT2D eigenvalue weighted by molar-refractivity contribution is -0.127. The van der Waals surface area contributed by atoms with Crippen molar-refractivity contribution in [1.29, 1.82) is 0 Å². The molecule has 0 bridgehead atoms. The SMILES string of the molecule is CC(C)CNC(=NCC(=O)N(C)C)NCC(C)Oc1ccccc1F. The maximum atomic E-state index is 13.6. The number of carbonyl (C=O) groups is 1. The van der Waals surface area contributed by atoms with Crippen molar-refractivity contribution in [2.75, 3.05) is 33.7 Å². The van der Waals surface area contributed by atoms with Gasteiger partial charge in [-0.3, -0.25) is 4.79 Å². The highest BCUT2D eigenvalue weighted by Gasteiger charge is 2.10. The zero-order valence-electron chi connectivity index (χ0n) is 15.7. The molecule has 0 aliphatic heterocycles. The van der Waals surface area contributed by atoms with Crippen LogP contribution < -0.4 is 15.4 Å². The fraction of sp³-hybridized carbons (Fsp3) is 0.556. The molecule has 0 saturated carbocycles. The molecule has 1 aromatic carbocycles. The van der Waals surface area contributed by atoms with Gasteiger partial charge in [0, 0.05) is 20.6 Å². The number of ether oxygens (including phenoxy) is 1. The summed E-state index contributed by atoms with van der Waals surface area (Å²) in [6.07, 6.45) is -0.271. The minimum Gasteiger partial charge on any atom is -0.486 e. The largest absolute Gasteiger partial charge is 0.486 e. The van der Waals surface area contributed by atoms with Crippen LogP contribution in [0.3, 0.4) is 0 Å². The fourth-order valence-electron chi connectivity index (χ4n) is 1.80. The second kappa shape index (κ2) is 10.5. The Balaban J connectivity index is 2.59. The molecule has 0 spiro atoms. The second-order valence-corrected chi connectivity index (χ2v) is 6.47. The van der Waals surface area contributed by atoms with E-state index in [9.17, 15) is 9.18 Å². The van der Waals surface area contributed by atoms with Crippen molar-refractivity contribution in [2.45, 2.75) is 26.9 Å². The molecule has 0 aliphatic carbocycles. The molecule has 1 unspecified atom stereocenters. The molecule has 0 saturated heterocycles. The van der Waals surface area contributed by atoms with Gasteiger partial charge in [-0.15, -0.1) is 0 Å². The minimum atomic E-state index is -0.391. The van der Waals surface area contributed by atoms with E-state index in [4.69, 9.17) is 4.74 Å². The number of aliphatic imine (C=N–C) groups is 1. The van der Waals surface area contributed by atoms with E-state index in [1.54, 1.807) is 32.3 Å². The number of carbonyl (C=O) groups excluding carboxylic acids is 1. The van der Waals surface area contributed by atoms with Crippen molar-refractivity contribution in [1.82, 2.24) is 15.5 Å². The summed E-state index contributed by atoms with van der Waals surface area (Å²) < 4.78 is 19.2. The van der Waals surface area contributed by atoms with E-state index in [1.807, 2.05) is 6.92 Å². The Morgan fingerprint density at radius 1 is 1.20 bits per heavy atom. The zero-order valence-corrected chi connectivity index (χ0v) is 15.7. The van der Waals surface area contributed by atoms with Crippen LogP contribution in [0.25, 0.3) is 0 Å². The van der Waals surface area contributed by atoms with E-state index in [1.165, 1.54) is 11.0 Å². The topological polar surface area (TPSA) is 66.0 Å². The van der Waals surface area contributed by atoms with Gasteiger partial charge in [0.05, 0.1) is 6.54 Å². The van der Waals surface area contributed by atoms with E-state index in [0.29, 0.717) is 18.4 Å². The lowest BCUT2D eigenvalue weighted by atomic mass is 10.2. The number of guanidine groups is 1. The van der Waals surface area contributed by atoms with Crippen LogP contribution in [-0.4, -0.2) is 56.6 Å². The van der Waals surface area contributed by atoms with Gasteiger partial charge in [0.1, 0.15) is 12.6 Å². The summed E-state index contributed by atoms with van der Waals surface area (Å²) >= 11 is 0. The Morgan fingerprint density at radius 2 is 1.84 bits per heavy atom. The maximum absolute atomic E-state index is 13.6. The second-order valence-electron chi connectivity index (χ2n) is 6.47. The molecular weight excluding hydrogens is 323 g/mol.